The fourth-order valence-electron chi connectivity index (χ4n) is 1.84. The number of benzene rings is 1. The highest BCUT2D eigenvalue weighted by atomic mass is 19.1. The quantitative estimate of drug-likeness (QED) is 0.927. The molecule has 0 bridgehead atoms. The van der Waals surface area contributed by atoms with E-state index in [0.717, 1.165) is 5.56 Å². The summed E-state index contributed by atoms with van der Waals surface area (Å²) in [5.41, 5.74) is 6.76. The Morgan fingerprint density at radius 2 is 2.00 bits per heavy atom. The van der Waals surface area contributed by atoms with Crippen molar-refractivity contribution in [1.29, 1.82) is 5.26 Å². The predicted molar refractivity (Wildman–Crippen MR) is 72.4 cm³/mol. The number of halogens is 1. The summed E-state index contributed by atoms with van der Waals surface area (Å²) in [5, 5.41) is 8.70. The first-order chi connectivity index (χ1) is 9.61. The fourth-order valence-corrected chi connectivity index (χ4v) is 1.84. The van der Waals surface area contributed by atoms with Gasteiger partial charge in [-0.05, 0) is 36.8 Å². The van der Waals surface area contributed by atoms with Gasteiger partial charge in [-0.1, -0.05) is 0 Å². The average molecular weight is 271 g/mol. The zero-order valence-corrected chi connectivity index (χ0v) is 11.0. The zero-order valence-electron chi connectivity index (χ0n) is 11.0. The Morgan fingerprint density at radius 3 is 2.55 bits per heavy atom. The summed E-state index contributed by atoms with van der Waals surface area (Å²) in [6, 6.07) is 9.21. The molecule has 0 aliphatic heterocycles. The number of hydrogen-bond acceptors (Lipinski definition) is 4. The molecule has 2 unspecified atom stereocenters. The average Bonchev–Trinajstić information content (AvgIpc) is 2.45. The largest absolute Gasteiger partial charge is 0.484 e. The van der Waals surface area contributed by atoms with Crippen LogP contribution in [-0.2, 0) is 0 Å². The Labute approximate surface area is 116 Å². The molecule has 0 saturated carbocycles. The van der Waals surface area contributed by atoms with Crippen LogP contribution in [0.2, 0.25) is 0 Å². The van der Waals surface area contributed by atoms with Crippen LogP contribution in [0.3, 0.4) is 0 Å². The monoisotopic (exact) mass is 271 g/mol. The van der Waals surface area contributed by atoms with E-state index >= 15 is 0 Å². The Hall–Kier alpha value is -2.45. The van der Waals surface area contributed by atoms with Gasteiger partial charge in [-0.25, -0.2) is 4.39 Å². The molecule has 2 atom stereocenters. The summed E-state index contributed by atoms with van der Waals surface area (Å²) in [5.74, 6) is -0.274. The molecule has 5 heteroatoms. The molecule has 0 fully saturated rings. The normalized spacial score (nSPS) is 13.3. The second kappa shape index (κ2) is 6.13. The summed E-state index contributed by atoms with van der Waals surface area (Å²) in [6.45, 7) is 1.81. The van der Waals surface area contributed by atoms with Crippen molar-refractivity contribution in [1.82, 2.24) is 4.98 Å². The van der Waals surface area contributed by atoms with Gasteiger partial charge < -0.3 is 10.5 Å². The van der Waals surface area contributed by atoms with Crippen LogP contribution in [0.5, 0.6) is 5.75 Å². The number of ether oxygens (including phenoxy) is 1. The maximum Gasteiger partial charge on any atom is 0.144 e. The standard InChI is InChI=1S/C15H14FN3O/c1-10(18)15(11-4-6-19-7-5-11)20-13-3-2-12(9-17)14(16)8-13/h2-8,10,15H,18H2,1H3. The van der Waals surface area contributed by atoms with E-state index in [1.807, 2.05) is 6.92 Å². The van der Waals surface area contributed by atoms with Crippen LogP contribution >= 0.6 is 0 Å². The lowest BCUT2D eigenvalue weighted by Gasteiger charge is -2.22. The topological polar surface area (TPSA) is 71.9 Å². The smallest absolute Gasteiger partial charge is 0.144 e. The van der Waals surface area contributed by atoms with Crippen molar-refractivity contribution in [2.75, 3.05) is 0 Å². The Bertz CT molecular complexity index is 623. The van der Waals surface area contributed by atoms with Crippen LogP contribution < -0.4 is 10.5 Å². The van der Waals surface area contributed by atoms with Crippen LogP contribution in [-0.4, -0.2) is 11.0 Å². The van der Waals surface area contributed by atoms with Gasteiger partial charge in [0.1, 0.15) is 23.7 Å². The molecule has 1 heterocycles. The Morgan fingerprint density at radius 1 is 1.30 bits per heavy atom. The summed E-state index contributed by atoms with van der Waals surface area (Å²) in [7, 11) is 0. The number of hydrogen-bond donors (Lipinski definition) is 1. The Balaban J connectivity index is 2.26. The molecule has 0 spiro atoms. The lowest BCUT2D eigenvalue weighted by Crippen LogP contribution is -2.29. The summed E-state index contributed by atoms with van der Waals surface area (Å²) in [4.78, 5) is 3.94. The van der Waals surface area contributed by atoms with Gasteiger partial charge in [0.05, 0.1) is 5.56 Å². The van der Waals surface area contributed by atoms with Gasteiger partial charge in [0.2, 0.25) is 0 Å². The molecule has 4 nitrogen and oxygen atoms in total. The van der Waals surface area contributed by atoms with E-state index in [4.69, 9.17) is 15.7 Å². The molecule has 0 radical (unpaired) electrons. The van der Waals surface area contributed by atoms with Crippen molar-refractivity contribution in [2.45, 2.75) is 19.1 Å². The van der Waals surface area contributed by atoms with Crippen molar-refractivity contribution in [2.24, 2.45) is 5.73 Å². The third-order valence-corrected chi connectivity index (χ3v) is 2.84. The predicted octanol–water partition coefficient (Wildman–Crippen LogP) is 2.56. The summed E-state index contributed by atoms with van der Waals surface area (Å²) >= 11 is 0. The third kappa shape index (κ3) is 3.11. The molecule has 0 aliphatic rings. The molecule has 102 valence electrons. The minimum Gasteiger partial charge on any atom is -0.484 e. The van der Waals surface area contributed by atoms with Crippen molar-refractivity contribution >= 4 is 0 Å². The van der Waals surface area contributed by atoms with Gasteiger partial charge in [0.25, 0.3) is 0 Å². The molecule has 1 aromatic carbocycles. The van der Waals surface area contributed by atoms with Gasteiger partial charge in [-0.2, -0.15) is 5.26 Å². The van der Waals surface area contributed by atoms with Gasteiger partial charge in [0, 0.05) is 24.5 Å². The van der Waals surface area contributed by atoms with Crippen molar-refractivity contribution < 1.29 is 9.13 Å². The molecule has 0 saturated heterocycles. The lowest BCUT2D eigenvalue weighted by molar-refractivity contribution is 0.179. The van der Waals surface area contributed by atoms with E-state index in [0.29, 0.717) is 5.75 Å². The minimum absolute atomic E-state index is 0.0152. The number of nitrogens with two attached hydrogens (primary N) is 1. The van der Waals surface area contributed by atoms with Crippen LogP contribution in [0.1, 0.15) is 24.2 Å². The highest BCUT2D eigenvalue weighted by Crippen LogP contribution is 2.25. The van der Waals surface area contributed by atoms with E-state index in [-0.39, 0.29) is 11.6 Å². The zero-order chi connectivity index (χ0) is 14.5. The second-order valence-corrected chi connectivity index (χ2v) is 4.43. The van der Waals surface area contributed by atoms with Gasteiger partial charge in [0.15, 0.2) is 0 Å². The maximum atomic E-state index is 13.6. The number of aromatic nitrogens is 1. The number of nitrogens with zero attached hydrogens (tertiary/aromatic N) is 2. The highest BCUT2D eigenvalue weighted by Gasteiger charge is 2.18. The summed E-state index contributed by atoms with van der Waals surface area (Å²) < 4.78 is 19.3. The fraction of sp³-hybridized carbons (Fsp3) is 0.200. The first kappa shape index (κ1) is 14.0. The van der Waals surface area contributed by atoms with Crippen LogP contribution in [0, 0.1) is 17.1 Å². The third-order valence-electron chi connectivity index (χ3n) is 2.84. The maximum absolute atomic E-state index is 13.6. The molecule has 2 N–H and O–H groups in total. The van der Waals surface area contributed by atoms with E-state index in [9.17, 15) is 4.39 Å². The number of nitriles is 1. The minimum atomic E-state index is -0.608. The van der Waals surface area contributed by atoms with Gasteiger partial charge in [-0.3, -0.25) is 4.98 Å². The number of pyridine rings is 1. The first-order valence-corrected chi connectivity index (χ1v) is 6.13. The van der Waals surface area contributed by atoms with Crippen molar-refractivity contribution in [3.05, 3.63) is 59.7 Å². The van der Waals surface area contributed by atoms with E-state index in [2.05, 4.69) is 4.98 Å². The SMILES string of the molecule is CC(N)C(Oc1ccc(C#N)c(F)c1)c1ccncc1. The van der Waals surface area contributed by atoms with Crippen LogP contribution in [0.4, 0.5) is 4.39 Å². The lowest BCUT2D eigenvalue weighted by atomic mass is 10.1. The molecular weight excluding hydrogens is 257 g/mol. The molecule has 0 aliphatic carbocycles. The van der Waals surface area contributed by atoms with Gasteiger partial charge >= 0.3 is 0 Å². The van der Waals surface area contributed by atoms with E-state index in [1.54, 1.807) is 36.7 Å². The molecule has 2 rings (SSSR count). The Kier molecular flexibility index (Phi) is 4.28. The summed E-state index contributed by atoms with van der Waals surface area (Å²) in [6.07, 6.45) is 2.88. The molecule has 0 amide bonds. The molecular formula is C15H14FN3O. The van der Waals surface area contributed by atoms with Crippen molar-refractivity contribution in [3.63, 3.8) is 0 Å². The molecule has 20 heavy (non-hydrogen) atoms. The van der Waals surface area contributed by atoms with E-state index < -0.39 is 11.9 Å². The highest BCUT2D eigenvalue weighted by molar-refractivity contribution is 5.36. The number of rotatable bonds is 4. The second-order valence-electron chi connectivity index (χ2n) is 4.43. The van der Waals surface area contributed by atoms with Crippen molar-refractivity contribution in [3.8, 4) is 11.8 Å². The van der Waals surface area contributed by atoms with Crippen LogP contribution in [0.25, 0.3) is 0 Å². The van der Waals surface area contributed by atoms with Crippen LogP contribution in [0.15, 0.2) is 42.7 Å². The molecule has 2 aromatic rings. The van der Waals surface area contributed by atoms with E-state index in [1.165, 1.54) is 12.1 Å². The molecule has 1 aromatic heterocycles. The van der Waals surface area contributed by atoms with Gasteiger partial charge in [-0.15, -0.1) is 0 Å². The first-order valence-electron chi connectivity index (χ1n) is 6.13.